The van der Waals surface area contributed by atoms with Crippen LogP contribution < -0.4 is 0 Å². The van der Waals surface area contributed by atoms with E-state index < -0.39 is 0 Å². The zero-order valence-corrected chi connectivity index (χ0v) is 15.3. The molecule has 0 fully saturated rings. The second-order valence-electron chi connectivity index (χ2n) is 7.32. The molecule has 4 rings (SSSR count). The first-order chi connectivity index (χ1) is 12.4. The Balaban J connectivity index is 1.53. The van der Waals surface area contributed by atoms with Crippen molar-refractivity contribution in [3.05, 3.63) is 53.0 Å². The van der Waals surface area contributed by atoms with Crippen molar-refractivity contribution in [1.29, 1.82) is 0 Å². The molecule has 1 N–H and O–H groups in total. The number of nitrogens with one attached hydrogen (secondary N) is 1. The average molecular weight is 354 g/mol. The minimum atomic E-state index is -0.281. The molecule has 1 aromatic carbocycles. The molecule has 3 heterocycles. The molecule has 26 heavy (non-hydrogen) atoms. The fraction of sp³-hybridized carbons (Fsp3) is 0.400. The van der Waals surface area contributed by atoms with Crippen LogP contribution in [0.5, 0.6) is 0 Å². The van der Waals surface area contributed by atoms with Crippen molar-refractivity contribution in [2.45, 2.75) is 39.2 Å². The molecule has 0 spiro atoms. The maximum atomic E-state index is 13.3. The fourth-order valence-corrected chi connectivity index (χ4v) is 3.86. The number of aromatic amines is 1. The van der Waals surface area contributed by atoms with E-state index in [1.54, 1.807) is 12.3 Å². The summed E-state index contributed by atoms with van der Waals surface area (Å²) in [6.07, 6.45) is 2.94. The summed E-state index contributed by atoms with van der Waals surface area (Å²) in [7, 11) is 2.06. The Morgan fingerprint density at radius 1 is 1.38 bits per heavy atom. The quantitative estimate of drug-likeness (QED) is 0.785. The number of carbonyl (C=O) groups is 1. The molecule has 1 amide bonds. The predicted octanol–water partition coefficient (Wildman–Crippen LogP) is 3.29. The number of hydrogen-bond acceptors (Lipinski definition) is 2. The Hall–Kier alpha value is -2.63. The molecule has 0 bridgehead atoms. The Bertz CT molecular complexity index is 985. The molecule has 1 aliphatic rings. The summed E-state index contributed by atoms with van der Waals surface area (Å²) in [6, 6.07) is 4.61. The number of rotatable bonds is 3. The summed E-state index contributed by atoms with van der Waals surface area (Å²) in [5.74, 6) is 1.24. The lowest BCUT2D eigenvalue weighted by atomic mass is 10.1. The van der Waals surface area contributed by atoms with E-state index in [0.717, 1.165) is 34.4 Å². The average Bonchev–Trinajstić information content (AvgIpc) is 3.15. The molecule has 0 saturated heterocycles. The van der Waals surface area contributed by atoms with Gasteiger partial charge >= 0.3 is 0 Å². The largest absolute Gasteiger partial charge is 0.361 e. The standard InChI is InChI=1S/C20H23FN4O/c1-12(2)20-23-17-11-25(7-6-18(17)24(20)3)19(26)8-13-10-22-16-9-14(21)4-5-15(13)16/h4-5,9-10,12,22H,6-8,11H2,1-3H3. The van der Waals surface area contributed by atoms with E-state index in [2.05, 4.69) is 30.4 Å². The summed E-state index contributed by atoms with van der Waals surface area (Å²) >= 11 is 0. The Labute approximate surface area is 151 Å². The zero-order chi connectivity index (χ0) is 18.4. The predicted molar refractivity (Wildman–Crippen MR) is 98.4 cm³/mol. The Morgan fingerprint density at radius 3 is 2.96 bits per heavy atom. The van der Waals surface area contributed by atoms with Gasteiger partial charge in [-0.1, -0.05) is 13.8 Å². The molecule has 0 atom stereocenters. The number of H-pyrrole nitrogens is 1. The van der Waals surface area contributed by atoms with Crippen molar-refractivity contribution in [2.24, 2.45) is 7.05 Å². The molecule has 136 valence electrons. The van der Waals surface area contributed by atoms with Crippen LogP contribution in [0.1, 0.15) is 42.5 Å². The van der Waals surface area contributed by atoms with Gasteiger partial charge in [-0.3, -0.25) is 4.79 Å². The number of benzene rings is 1. The summed E-state index contributed by atoms with van der Waals surface area (Å²) in [5.41, 5.74) is 3.87. The van der Waals surface area contributed by atoms with Crippen molar-refractivity contribution in [3.63, 3.8) is 0 Å². The van der Waals surface area contributed by atoms with Crippen LogP contribution >= 0.6 is 0 Å². The van der Waals surface area contributed by atoms with Crippen molar-refractivity contribution >= 4 is 16.8 Å². The number of halogens is 1. The van der Waals surface area contributed by atoms with Crippen LogP contribution in [0.2, 0.25) is 0 Å². The van der Waals surface area contributed by atoms with Crippen LogP contribution in [-0.2, 0) is 31.2 Å². The molecule has 0 aliphatic carbocycles. The molecule has 0 unspecified atom stereocenters. The third kappa shape index (κ3) is 2.79. The van der Waals surface area contributed by atoms with Gasteiger partial charge in [-0.25, -0.2) is 9.37 Å². The summed E-state index contributed by atoms with van der Waals surface area (Å²) in [5, 5.41) is 0.900. The van der Waals surface area contributed by atoms with Gasteiger partial charge in [0.2, 0.25) is 5.91 Å². The van der Waals surface area contributed by atoms with Crippen LogP contribution in [0, 0.1) is 5.82 Å². The van der Waals surface area contributed by atoms with Crippen LogP contribution in [0.15, 0.2) is 24.4 Å². The first-order valence-corrected chi connectivity index (χ1v) is 9.01. The molecule has 2 aromatic heterocycles. The third-order valence-electron chi connectivity index (χ3n) is 5.23. The highest BCUT2D eigenvalue weighted by Crippen LogP contribution is 2.25. The second-order valence-corrected chi connectivity index (χ2v) is 7.32. The number of nitrogens with zero attached hydrogens (tertiary/aromatic N) is 3. The fourth-order valence-electron chi connectivity index (χ4n) is 3.86. The highest BCUT2D eigenvalue weighted by Gasteiger charge is 2.26. The van der Waals surface area contributed by atoms with Crippen LogP contribution in [-0.4, -0.2) is 31.9 Å². The molecule has 5 nitrogen and oxygen atoms in total. The van der Waals surface area contributed by atoms with E-state index in [-0.39, 0.29) is 11.7 Å². The number of fused-ring (bicyclic) bond motifs is 2. The molecule has 3 aromatic rings. The first-order valence-electron chi connectivity index (χ1n) is 9.01. The maximum absolute atomic E-state index is 13.3. The minimum absolute atomic E-state index is 0.0811. The monoisotopic (exact) mass is 354 g/mol. The van der Waals surface area contributed by atoms with Gasteiger partial charge in [0.25, 0.3) is 0 Å². The van der Waals surface area contributed by atoms with E-state index in [1.807, 2.05) is 4.90 Å². The van der Waals surface area contributed by atoms with Crippen molar-refractivity contribution in [2.75, 3.05) is 6.54 Å². The minimum Gasteiger partial charge on any atom is -0.361 e. The summed E-state index contributed by atoms with van der Waals surface area (Å²) in [4.78, 5) is 22.5. The van der Waals surface area contributed by atoms with E-state index in [0.29, 0.717) is 25.4 Å². The van der Waals surface area contributed by atoms with Crippen molar-refractivity contribution in [3.8, 4) is 0 Å². The van der Waals surface area contributed by atoms with Crippen LogP contribution in [0.3, 0.4) is 0 Å². The van der Waals surface area contributed by atoms with Gasteiger partial charge in [-0.05, 0) is 23.8 Å². The number of carbonyl (C=O) groups excluding carboxylic acids is 1. The van der Waals surface area contributed by atoms with E-state index >= 15 is 0 Å². The lowest BCUT2D eigenvalue weighted by molar-refractivity contribution is -0.131. The molecular formula is C20H23FN4O. The van der Waals surface area contributed by atoms with Gasteiger partial charge in [-0.15, -0.1) is 0 Å². The Kier molecular flexibility index (Phi) is 4.05. The van der Waals surface area contributed by atoms with Crippen LogP contribution in [0.4, 0.5) is 4.39 Å². The van der Waals surface area contributed by atoms with Crippen molar-refractivity contribution in [1.82, 2.24) is 19.4 Å². The van der Waals surface area contributed by atoms with E-state index in [4.69, 9.17) is 4.98 Å². The SMILES string of the molecule is CC(C)c1nc2c(n1C)CCN(C(=O)Cc1c[nH]c3cc(F)ccc13)C2. The number of aromatic nitrogens is 3. The van der Waals surface area contributed by atoms with E-state index in [1.165, 1.54) is 17.8 Å². The van der Waals surface area contributed by atoms with Gasteiger partial charge < -0.3 is 14.5 Å². The van der Waals surface area contributed by atoms with Crippen LogP contribution in [0.25, 0.3) is 10.9 Å². The number of amides is 1. The molecule has 0 radical (unpaired) electrons. The van der Waals surface area contributed by atoms with Gasteiger partial charge in [-0.2, -0.15) is 0 Å². The first kappa shape index (κ1) is 16.8. The molecule has 6 heteroatoms. The van der Waals surface area contributed by atoms with Gasteiger partial charge in [0, 0.05) is 48.7 Å². The molecule has 1 aliphatic heterocycles. The lowest BCUT2D eigenvalue weighted by Gasteiger charge is -2.27. The number of imidazole rings is 1. The topological polar surface area (TPSA) is 53.9 Å². The van der Waals surface area contributed by atoms with Crippen molar-refractivity contribution < 1.29 is 9.18 Å². The maximum Gasteiger partial charge on any atom is 0.227 e. The third-order valence-corrected chi connectivity index (χ3v) is 5.23. The molecular weight excluding hydrogens is 331 g/mol. The smallest absolute Gasteiger partial charge is 0.227 e. The normalized spacial score (nSPS) is 14.3. The summed E-state index contributed by atoms with van der Waals surface area (Å²) < 4.78 is 15.5. The lowest BCUT2D eigenvalue weighted by Crippen LogP contribution is -2.37. The number of hydrogen-bond donors (Lipinski definition) is 1. The highest BCUT2D eigenvalue weighted by atomic mass is 19.1. The second kappa shape index (κ2) is 6.27. The highest BCUT2D eigenvalue weighted by molar-refractivity contribution is 5.89. The Morgan fingerprint density at radius 2 is 2.19 bits per heavy atom. The zero-order valence-electron chi connectivity index (χ0n) is 15.3. The van der Waals surface area contributed by atoms with E-state index in [9.17, 15) is 9.18 Å². The van der Waals surface area contributed by atoms with Gasteiger partial charge in [0.1, 0.15) is 11.6 Å². The molecule has 0 saturated carbocycles. The van der Waals surface area contributed by atoms with Gasteiger partial charge in [0.05, 0.1) is 18.7 Å². The summed E-state index contributed by atoms with van der Waals surface area (Å²) in [6.45, 7) is 5.54. The van der Waals surface area contributed by atoms with Gasteiger partial charge in [0.15, 0.2) is 0 Å².